The van der Waals surface area contributed by atoms with Gasteiger partial charge in [-0.1, -0.05) is 43.7 Å². The van der Waals surface area contributed by atoms with E-state index in [0.717, 1.165) is 0 Å². The highest BCUT2D eigenvalue weighted by Gasteiger charge is 2.24. The van der Waals surface area contributed by atoms with E-state index in [9.17, 15) is 4.79 Å². The Balaban J connectivity index is 0.00000361. The number of halogens is 1. The Bertz CT molecular complexity index is 415. The van der Waals surface area contributed by atoms with Crippen molar-refractivity contribution in [2.24, 2.45) is 0 Å². The molecule has 20 heavy (non-hydrogen) atoms. The number of carbonyl (C=O) groups excluding carboxylic acids is 1. The lowest BCUT2D eigenvalue weighted by Gasteiger charge is -2.25. The molecule has 0 saturated carbocycles. The van der Waals surface area contributed by atoms with Crippen molar-refractivity contribution in [3.63, 3.8) is 0 Å². The number of benzene rings is 1. The minimum absolute atomic E-state index is 0. The zero-order chi connectivity index (χ0) is 14.5. The molecule has 1 unspecified atom stereocenters. The number of aryl methyl sites for hydroxylation is 1. The highest BCUT2D eigenvalue weighted by molar-refractivity contribution is 5.85. The molecule has 0 aliphatic carbocycles. The van der Waals surface area contributed by atoms with Crippen LogP contribution in [0.25, 0.3) is 0 Å². The van der Waals surface area contributed by atoms with Gasteiger partial charge in [0.2, 0.25) is 5.91 Å². The number of rotatable bonds is 6. The second-order valence-electron chi connectivity index (χ2n) is 5.92. The van der Waals surface area contributed by atoms with E-state index in [4.69, 9.17) is 0 Å². The van der Waals surface area contributed by atoms with Crippen molar-refractivity contribution in [2.75, 3.05) is 13.6 Å². The van der Waals surface area contributed by atoms with Gasteiger partial charge >= 0.3 is 0 Å². The summed E-state index contributed by atoms with van der Waals surface area (Å²) in [5, 5.41) is 6.08. The van der Waals surface area contributed by atoms with E-state index in [0.29, 0.717) is 19.0 Å². The number of amides is 1. The molecule has 0 aliphatic rings. The lowest BCUT2D eigenvalue weighted by atomic mass is 9.81. The molecule has 1 aromatic rings. The third kappa shape index (κ3) is 5.93. The van der Waals surface area contributed by atoms with E-state index in [2.05, 4.69) is 55.7 Å². The summed E-state index contributed by atoms with van der Waals surface area (Å²) in [4.78, 5) is 12.0. The smallest absolute Gasteiger partial charge is 0.220 e. The average Bonchev–Trinajstić information content (AvgIpc) is 2.36. The van der Waals surface area contributed by atoms with E-state index in [1.54, 1.807) is 0 Å². The zero-order valence-electron chi connectivity index (χ0n) is 13.1. The monoisotopic (exact) mass is 298 g/mol. The van der Waals surface area contributed by atoms with Crippen molar-refractivity contribution in [3.8, 4) is 0 Å². The van der Waals surface area contributed by atoms with Gasteiger partial charge in [0.25, 0.3) is 0 Å². The van der Waals surface area contributed by atoms with Crippen molar-refractivity contribution >= 4 is 18.3 Å². The Kier molecular flexibility index (Phi) is 7.84. The fraction of sp³-hybridized carbons (Fsp3) is 0.562. The minimum atomic E-state index is -0.138. The summed E-state index contributed by atoms with van der Waals surface area (Å²) < 4.78 is 0. The Morgan fingerprint density at radius 1 is 1.25 bits per heavy atom. The fourth-order valence-electron chi connectivity index (χ4n) is 1.94. The zero-order valence-corrected chi connectivity index (χ0v) is 13.9. The molecule has 0 radical (unpaired) electrons. The molecule has 0 heterocycles. The number of nitrogens with one attached hydrogen (secondary N) is 2. The summed E-state index contributed by atoms with van der Waals surface area (Å²) in [7, 11) is 1.90. The molecule has 4 heteroatoms. The Morgan fingerprint density at radius 3 is 2.30 bits per heavy atom. The molecule has 0 spiro atoms. The molecular formula is C16H27ClN2O. The summed E-state index contributed by atoms with van der Waals surface area (Å²) >= 11 is 0. The van der Waals surface area contributed by atoms with Gasteiger partial charge in [-0.05, 0) is 31.9 Å². The van der Waals surface area contributed by atoms with Crippen LogP contribution in [0.2, 0.25) is 0 Å². The van der Waals surface area contributed by atoms with Crippen LogP contribution < -0.4 is 10.6 Å². The molecule has 1 rings (SSSR count). The molecule has 0 saturated heterocycles. The molecule has 3 nitrogen and oxygen atoms in total. The first-order chi connectivity index (χ1) is 8.85. The summed E-state index contributed by atoms with van der Waals surface area (Å²) in [5.74, 6) is 0.104. The second kappa shape index (κ2) is 8.28. The van der Waals surface area contributed by atoms with Crippen molar-refractivity contribution in [3.05, 3.63) is 35.4 Å². The van der Waals surface area contributed by atoms with Gasteiger partial charge < -0.3 is 10.6 Å². The van der Waals surface area contributed by atoms with Crippen LogP contribution in [-0.2, 0) is 10.2 Å². The van der Waals surface area contributed by atoms with Crippen LogP contribution in [0.1, 0.15) is 38.3 Å². The van der Waals surface area contributed by atoms with Gasteiger partial charge in [0.1, 0.15) is 0 Å². The summed E-state index contributed by atoms with van der Waals surface area (Å²) in [5.41, 5.74) is 2.31. The number of likely N-dealkylation sites (N-methyl/N-ethyl adjacent to an activating group) is 1. The van der Waals surface area contributed by atoms with Gasteiger partial charge in [0.05, 0.1) is 0 Å². The molecular weight excluding hydrogens is 272 g/mol. The SMILES string of the molecule is CNC(C)CNC(=O)CC(C)(C)c1ccc(C)cc1.Cl. The third-order valence-corrected chi connectivity index (χ3v) is 3.53. The lowest BCUT2D eigenvalue weighted by molar-refractivity contribution is -0.122. The average molecular weight is 299 g/mol. The Morgan fingerprint density at radius 2 is 1.80 bits per heavy atom. The number of hydrogen-bond acceptors (Lipinski definition) is 2. The van der Waals surface area contributed by atoms with Crippen LogP contribution in [0.5, 0.6) is 0 Å². The highest BCUT2D eigenvalue weighted by Crippen LogP contribution is 2.27. The predicted octanol–water partition coefficient (Wildman–Crippen LogP) is 2.81. The fourth-order valence-corrected chi connectivity index (χ4v) is 1.94. The molecule has 114 valence electrons. The first kappa shape index (κ1) is 18.9. The molecule has 1 aromatic carbocycles. The summed E-state index contributed by atoms with van der Waals surface area (Å²) in [6.07, 6.45) is 0.506. The van der Waals surface area contributed by atoms with Crippen molar-refractivity contribution < 1.29 is 4.79 Å². The maximum absolute atomic E-state index is 12.0. The van der Waals surface area contributed by atoms with E-state index >= 15 is 0 Å². The van der Waals surface area contributed by atoms with E-state index in [1.807, 2.05) is 14.0 Å². The Labute approximate surface area is 128 Å². The van der Waals surface area contributed by atoms with Crippen LogP contribution >= 0.6 is 12.4 Å². The van der Waals surface area contributed by atoms with Crippen molar-refractivity contribution in [1.82, 2.24) is 10.6 Å². The number of hydrogen-bond donors (Lipinski definition) is 2. The molecule has 0 aromatic heterocycles. The van der Waals surface area contributed by atoms with Crippen LogP contribution in [0.15, 0.2) is 24.3 Å². The van der Waals surface area contributed by atoms with E-state index in [-0.39, 0.29) is 23.7 Å². The van der Waals surface area contributed by atoms with Gasteiger partial charge in [-0.2, -0.15) is 0 Å². The van der Waals surface area contributed by atoms with Crippen LogP contribution in [-0.4, -0.2) is 25.5 Å². The topological polar surface area (TPSA) is 41.1 Å². The highest BCUT2D eigenvalue weighted by atomic mass is 35.5. The predicted molar refractivity (Wildman–Crippen MR) is 87.6 cm³/mol. The largest absolute Gasteiger partial charge is 0.355 e. The normalized spacial score (nSPS) is 12.4. The van der Waals surface area contributed by atoms with Crippen LogP contribution in [0, 0.1) is 6.92 Å². The summed E-state index contributed by atoms with van der Waals surface area (Å²) in [6.45, 7) is 9.00. The second-order valence-corrected chi connectivity index (χ2v) is 5.92. The number of carbonyl (C=O) groups is 1. The van der Waals surface area contributed by atoms with E-state index < -0.39 is 0 Å². The maximum atomic E-state index is 12.0. The van der Waals surface area contributed by atoms with Crippen LogP contribution in [0.4, 0.5) is 0 Å². The summed E-state index contributed by atoms with van der Waals surface area (Å²) in [6, 6.07) is 8.71. The van der Waals surface area contributed by atoms with Gasteiger partial charge in [0, 0.05) is 19.0 Å². The van der Waals surface area contributed by atoms with Gasteiger partial charge in [-0.3, -0.25) is 4.79 Å². The molecule has 1 amide bonds. The quantitative estimate of drug-likeness (QED) is 0.848. The molecule has 0 bridgehead atoms. The third-order valence-electron chi connectivity index (χ3n) is 3.53. The maximum Gasteiger partial charge on any atom is 0.220 e. The first-order valence-corrected chi connectivity index (χ1v) is 6.86. The molecule has 2 N–H and O–H groups in total. The minimum Gasteiger partial charge on any atom is -0.355 e. The van der Waals surface area contributed by atoms with Gasteiger partial charge in [-0.25, -0.2) is 0 Å². The van der Waals surface area contributed by atoms with Crippen molar-refractivity contribution in [2.45, 2.75) is 45.6 Å². The first-order valence-electron chi connectivity index (χ1n) is 6.86. The Hall–Kier alpha value is -1.06. The van der Waals surface area contributed by atoms with Crippen molar-refractivity contribution in [1.29, 1.82) is 0 Å². The van der Waals surface area contributed by atoms with E-state index in [1.165, 1.54) is 11.1 Å². The molecule has 1 atom stereocenters. The standard InChI is InChI=1S/C16H26N2O.ClH/c1-12-6-8-14(9-7-12)16(3,4)10-15(19)18-11-13(2)17-5;/h6-9,13,17H,10-11H2,1-5H3,(H,18,19);1H. The van der Waals surface area contributed by atoms with Gasteiger partial charge in [0.15, 0.2) is 0 Å². The molecule has 0 aliphatic heterocycles. The lowest BCUT2D eigenvalue weighted by Crippen LogP contribution is -2.39. The van der Waals surface area contributed by atoms with Gasteiger partial charge in [-0.15, -0.1) is 12.4 Å². The molecule has 0 fully saturated rings. The van der Waals surface area contributed by atoms with Crippen LogP contribution in [0.3, 0.4) is 0 Å².